The molecule has 0 heterocycles. The monoisotopic (exact) mass is 430 g/mol. The molecular formula is C24H31ClN2O3. The number of nitrogens with one attached hydrogen (secondary N) is 1. The van der Waals surface area contributed by atoms with Gasteiger partial charge in [0.2, 0.25) is 5.91 Å². The van der Waals surface area contributed by atoms with Crippen LogP contribution in [-0.2, 0) is 16.1 Å². The molecular weight excluding hydrogens is 400 g/mol. The summed E-state index contributed by atoms with van der Waals surface area (Å²) >= 11 is 6.05. The molecule has 2 rings (SSSR count). The van der Waals surface area contributed by atoms with Crippen molar-refractivity contribution in [2.24, 2.45) is 0 Å². The van der Waals surface area contributed by atoms with Gasteiger partial charge in [-0.3, -0.25) is 9.59 Å². The predicted octanol–water partition coefficient (Wildman–Crippen LogP) is 4.67. The molecule has 1 atom stereocenters. The zero-order chi connectivity index (χ0) is 22.1. The third-order valence-electron chi connectivity index (χ3n) is 5.09. The number of unbranched alkanes of at least 4 members (excludes halogenated alkanes) is 1. The van der Waals surface area contributed by atoms with Gasteiger partial charge in [-0.1, -0.05) is 49.2 Å². The van der Waals surface area contributed by atoms with E-state index in [1.165, 1.54) is 0 Å². The molecule has 6 heteroatoms. The lowest BCUT2D eigenvalue weighted by molar-refractivity contribution is -0.142. The van der Waals surface area contributed by atoms with E-state index in [0.717, 1.165) is 29.5 Å². The average molecular weight is 431 g/mol. The van der Waals surface area contributed by atoms with Gasteiger partial charge in [0.25, 0.3) is 5.91 Å². The summed E-state index contributed by atoms with van der Waals surface area (Å²) in [6.45, 7) is 8.49. The maximum atomic E-state index is 13.1. The number of benzene rings is 2. The highest BCUT2D eigenvalue weighted by Crippen LogP contribution is 2.21. The first kappa shape index (κ1) is 23.7. The van der Waals surface area contributed by atoms with E-state index in [4.69, 9.17) is 16.3 Å². The summed E-state index contributed by atoms with van der Waals surface area (Å²) in [5.41, 5.74) is 2.95. The van der Waals surface area contributed by atoms with Crippen LogP contribution in [0, 0.1) is 13.8 Å². The van der Waals surface area contributed by atoms with Gasteiger partial charge in [0.05, 0.1) is 0 Å². The van der Waals surface area contributed by atoms with E-state index in [1.54, 1.807) is 30.0 Å². The van der Waals surface area contributed by atoms with E-state index >= 15 is 0 Å². The number of rotatable bonds is 10. The van der Waals surface area contributed by atoms with Gasteiger partial charge in [-0.15, -0.1) is 0 Å². The van der Waals surface area contributed by atoms with Crippen molar-refractivity contribution >= 4 is 23.4 Å². The second kappa shape index (κ2) is 11.6. The van der Waals surface area contributed by atoms with Gasteiger partial charge < -0.3 is 15.0 Å². The number of carbonyl (C=O) groups is 2. The Kier molecular flexibility index (Phi) is 9.18. The second-order valence-electron chi connectivity index (χ2n) is 7.47. The number of hydrogen-bond acceptors (Lipinski definition) is 3. The largest absolute Gasteiger partial charge is 0.484 e. The fourth-order valence-electron chi connectivity index (χ4n) is 3.02. The minimum absolute atomic E-state index is 0.153. The van der Waals surface area contributed by atoms with Crippen LogP contribution in [0.2, 0.25) is 5.02 Å². The van der Waals surface area contributed by atoms with Crippen molar-refractivity contribution in [1.82, 2.24) is 10.2 Å². The van der Waals surface area contributed by atoms with Crippen LogP contribution in [0.4, 0.5) is 0 Å². The van der Waals surface area contributed by atoms with Crippen LogP contribution in [0.25, 0.3) is 0 Å². The fourth-order valence-corrected chi connectivity index (χ4v) is 3.14. The Morgan fingerprint density at radius 1 is 1.13 bits per heavy atom. The van der Waals surface area contributed by atoms with Crippen molar-refractivity contribution in [2.45, 2.75) is 53.1 Å². The first-order valence-corrected chi connectivity index (χ1v) is 10.7. The predicted molar refractivity (Wildman–Crippen MR) is 121 cm³/mol. The molecule has 0 radical (unpaired) electrons. The van der Waals surface area contributed by atoms with E-state index < -0.39 is 6.04 Å². The van der Waals surface area contributed by atoms with Crippen molar-refractivity contribution in [3.8, 4) is 5.75 Å². The van der Waals surface area contributed by atoms with Crippen LogP contribution >= 0.6 is 11.6 Å². The lowest BCUT2D eigenvalue weighted by Crippen LogP contribution is -2.49. The summed E-state index contributed by atoms with van der Waals surface area (Å²) < 4.78 is 5.70. The summed E-state index contributed by atoms with van der Waals surface area (Å²) in [5.74, 6) is 0.165. The molecule has 2 amide bonds. The molecule has 0 aliphatic heterocycles. The zero-order valence-electron chi connectivity index (χ0n) is 18.2. The quantitative estimate of drug-likeness (QED) is 0.557. The maximum Gasteiger partial charge on any atom is 0.261 e. The number of amides is 2. The number of hydrogen-bond donors (Lipinski definition) is 1. The van der Waals surface area contributed by atoms with Gasteiger partial charge in [0, 0.05) is 18.1 Å². The lowest BCUT2D eigenvalue weighted by Gasteiger charge is -2.29. The summed E-state index contributed by atoms with van der Waals surface area (Å²) in [4.78, 5) is 27.3. The highest BCUT2D eigenvalue weighted by Gasteiger charge is 2.26. The van der Waals surface area contributed by atoms with E-state index in [1.807, 2.05) is 38.1 Å². The van der Waals surface area contributed by atoms with Crippen LogP contribution < -0.4 is 10.1 Å². The Hall–Kier alpha value is -2.53. The molecule has 1 N–H and O–H groups in total. The highest BCUT2D eigenvalue weighted by atomic mass is 35.5. The topological polar surface area (TPSA) is 58.6 Å². The van der Waals surface area contributed by atoms with E-state index in [2.05, 4.69) is 12.2 Å². The molecule has 0 aromatic heterocycles. The van der Waals surface area contributed by atoms with Crippen molar-refractivity contribution in [3.05, 3.63) is 64.2 Å². The van der Waals surface area contributed by atoms with Crippen LogP contribution in [0.15, 0.2) is 42.5 Å². The van der Waals surface area contributed by atoms with Gasteiger partial charge in [-0.25, -0.2) is 0 Å². The van der Waals surface area contributed by atoms with Crippen molar-refractivity contribution in [1.29, 1.82) is 0 Å². The Labute approximate surface area is 184 Å². The van der Waals surface area contributed by atoms with Gasteiger partial charge in [-0.05, 0) is 62.1 Å². The van der Waals surface area contributed by atoms with Crippen LogP contribution in [-0.4, -0.2) is 35.9 Å². The third-order valence-corrected chi connectivity index (χ3v) is 5.51. The van der Waals surface area contributed by atoms with Gasteiger partial charge in [0.1, 0.15) is 11.8 Å². The number of nitrogens with zero attached hydrogens (tertiary/aromatic N) is 1. The minimum atomic E-state index is -0.607. The van der Waals surface area contributed by atoms with Crippen molar-refractivity contribution in [2.75, 3.05) is 13.2 Å². The molecule has 162 valence electrons. The summed E-state index contributed by atoms with van der Waals surface area (Å²) in [5, 5.41) is 3.56. The number of halogens is 1. The smallest absolute Gasteiger partial charge is 0.261 e. The summed E-state index contributed by atoms with van der Waals surface area (Å²) in [6.07, 6.45) is 1.90. The lowest BCUT2D eigenvalue weighted by atomic mass is 10.1. The molecule has 0 saturated heterocycles. The van der Waals surface area contributed by atoms with Crippen LogP contribution in [0.5, 0.6) is 5.75 Å². The normalized spacial score (nSPS) is 11.6. The molecule has 2 aromatic carbocycles. The second-order valence-corrected chi connectivity index (χ2v) is 7.88. The maximum absolute atomic E-state index is 13.1. The Morgan fingerprint density at radius 3 is 2.53 bits per heavy atom. The van der Waals surface area contributed by atoms with Crippen LogP contribution in [0.1, 0.15) is 43.4 Å². The SMILES string of the molecule is CCCCNC(=O)[C@H](C)N(Cc1ccccc1C)C(=O)COc1ccc(Cl)c(C)c1. The van der Waals surface area contributed by atoms with Gasteiger partial charge in [0.15, 0.2) is 6.61 Å². The molecule has 2 aromatic rings. The number of carbonyl (C=O) groups excluding carboxylic acids is 2. The Bertz CT molecular complexity index is 869. The Morgan fingerprint density at radius 2 is 1.87 bits per heavy atom. The molecule has 0 saturated carbocycles. The van der Waals surface area contributed by atoms with E-state index in [-0.39, 0.29) is 18.4 Å². The molecule has 5 nitrogen and oxygen atoms in total. The summed E-state index contributed by atoms with van der Waals surface area (Å²) in [7, 11) is 0. The van der Waals surface area contributed by atoms with E-state index in [0.29, 0.717) is 23.9 Å². The highest BCUT2D eigenvalue weighted by molar-refractivity contribution is 6.31. The average Bonchev–Trinajstić information content (AvgIpc) is 2.73. The van der Waals surface area contributed by atoms with Crippen LogP contribution in [0.3, 0.4) is 0 Å². The Balaban J connectivity index is 2.14. The van der Waals surface area contributed by atoms with E-state index in [9.17, 15) is 9.59 Å². The van der Waals surface area contributed by atoms with Crippen molar-refractivity contribution in [3.63, 3.8) is 0 Å². The molecule has 30 heavy (non-hydrogen) atoms. The molecule has 0 unspecified atom stereocenters. The summed E-state index contributed by atoms with van der Waals surface area (Å²) in [6, 6.07) is 12.5. The van der Waals surface area contributed by atoms with Gasteiger partial charge in [-0.2, -0.15) is 0 Å². The van der Waals surface area contributed by atoms with Gasteiger partial charge >= 0.3 is 0 Å². The first-order chi connectivity index (χ1) is 14.3. The molecule has 0 aliphatic carbocycles. The molecule has 0 bridgehead atoms. The number of aryl methyl sites for hydroxylation is 2. The zero-order valence-corrected chi connectivity index (χ0v) is 19.0. The van der Waals surface area contributed by atoms with Crippen molar-refractivity contribution < 1.29 is 14.3 Å². The minimum Gasteiger partial charge on any atom is -0.484 e. The number of ether oxygens (including phenoxy) is 1. The molecule has 0 aliphatic rings. The fraction of sp³-hybridized carbons (Fsp3) is 0.417. The molecule has 0 fully saturated rings. The molecule has 0 spiro atoms. The standard InChI is InChI=1S/C24H31ClN2O3/c1-5-6-13-26-24(29)19(4)27(15-20-10-8-7-9-17(20)2)23(28)16-30-21-11-12-22(25)18(3)14-21/h7-12,14,19H,5-6,13,15-16H2,1-4H3,(H,26,29)/t19-/m0/s1. The first-order valence-electron chi connectivity index (χ1n) is 10.3. The third kappa shape index (κ3) is 6.77.